The summed E-state index contributed by atoms with van der Waals surface area (Å²) in [6.07, 6.45) is 6.27. The molecule has 0 atom stereocenters. The molecule has 0 radical (unpaired) electrons. The van der Waals surface area contributed by atoms with Crippen LogP contribution < -0.4 is 0 Å². The Hall–Kier alpha value is -1.36. The number of hydrogen-bond acceptors (Lipinski definition) is 4. The Morgan fingerprint density at radius 2 is 1.68 bits per heavy atom. The van der Waals surface area contributed by atoms with Crippen LogP contribution in [0.5, 0.6) is 0 Å². The normalized spacial score (nSPS) is 11.4. The number of esters is 1. The van der Waals surface area contributed by atoms with E-state index in [0.717, 1.165) is 12.8 Å². The van der Waals surface area contributed by atoms with Crippen LogP contribution in [0.3, 0.4) is 0 Å². The van der Waals surface area contributed by atoms with Gasteiger partial charge in [0.1, 0.15) is 0 Å². The van der Waals surface area contributed by atoms with Gasteiger partial charge in [0.2, 0.25) is 0 Å². The van der Waals surface area contributed by atoms with E-state index in [9.17, 15) is 13.2 Å². The predicted octanol–water partition coefficient (Wildman–Crippen LogP) is 3.75. The number of methoxy groups -OCH3 is 1. The number of benzene rings is 1. The van der Waals surface area contributed by atoms with Crippen molar-refractivity contribution in [1.82, 2.24) is 0 Å². The van der Waals surface area contributed by atoms with Crippen LogP contribution in [0.25, 0.3) is 0 Å². The van der Waals surface area contributed by atoms with Crippen LogP contribution in [0.4, 0.5) is 0 Å². The quantitative estimate of drug-likeness (QED) is 0.485. The highest BCUT2D eigenvalue weighted by Crippen LogP contribution is 2.15. The number of ether oxygens (including phenoxy) is 1. The summed E-state index contributed by atoms with van der Waals surface area (Å²) in [6.45, 7) is 2.16. The summed E-state index contributed by atoms with van der Waals surface area (Å²) < 4.78 is 29.1. The molecule has 0 aromatic heterocycles. The Kier molecular flexibility index (Phi) is 8.17. The smallest absolute Gasteiger partial charge is 0.338 e. The molecule has 5 heteroatoms. The van der Waals surface area contributed by atoms with Crippen molar-refractivity contribution in [2.24, 2.45) is 0 Å². The Labute approximate surface area is 133 Å². The molecule has 0 N–H and O–H groups in total. The van der Waals surface area contributed by atoms with E-state index in [0.29, 0.717) is 17.5 Å². The van der Waals surface area contributed by atoms with Crippen molar-refractivity contribution in [3.8, 4) is 0 Å². The molecule has 0 heterocycles. The molecule has 0 unspecified atom stereocenters. The average molecular weight is 326 g/mol. The van der Waals surface area contributed by atoms with E-state index in [1.165, 1.54) is 26.4 Å². The third-order valence-corrected chi connectivity index (χ3v) is 5.27. The Bertz CT molecular complexity index is 564. The van der Waals surface area contributed by atoms with Gasteiger partial charge in [-0.3, -0.25) is 0 Å². The maximum atomic E-state index is 12.2. The SMILES string of the molecule is CCCCCCCCS(=O)(=O)Cc1ccccc1C(=O)OC. The molecule has 0 aliphatic rings. The van der Waals surface area contributed by atoms with Crippen molar-refractivity contribution >= 4 is 15.8 Å². The maximum absolute atomic E-state index is 12.2. The van der Waals surface area contributed by atoms with Gasteiger partial charge in [-0.15, -0.1) is 0 Å². The minimum atomic E-state index is -3.20. The van der Waals surface area contributed by atoms with Gasteiger partial charge in [0.15, 0.2) is 9.84 Å². The van der Waals surface area contributed by atoms with E-state index < -0.39 is 15.8 Å². The summed E-state index contributed by atoms with van der Waals surface area (Å²) in [5.74, 6) is -0.424. The fourth-order valence-corrected chi connectivity index (χ4v) is 3.88. The van der Waals surface area contributed by atoms with Crippen LogP contribution in [0.15, 0.2) is 24.3 Å². The highest BCUT2D eigenvalue weighted by atomic mass is 32.2. The number of carbonyl (C=O) groups is 1. The number of sulfone groups is 1. The molecule has 0 spiro atoms. The third-order valence-electron chi connectivity index (χ3n) is 3.61. The molecule has 124 valence electrons. The van der Waals surface area contributed by atoms with Gasteiger partial charge in [0.25, 0.3) is 0 Å². The van der Waals surface area contributed by atoms with Crippen LogP contribution in [0, 0.1) is 0 Å². The number of unbranched alkanes of at least 4 members (excludes halogenated alkanes) is 5. The lowest BCUT2D eigenvalue weighted by atomic mass is 10.1. The summed E-state index contributed by atoms with van der Waals surface area (Å²) in [5, 5.41) is 0. The zero-order chi connectivity index (χ0) is 16.4. The molecule has 1 rings (SSSR count). The molecule has 0 aliphatic heterocycles. The van der Waals surface area contributed by atoms with Crippen molar-refractivity contribution < 1.29 is 17.9 Å². The van der Waals surface area contributed by atoms with Crippen molar-refractivity contribution in [1.29, 1.82) is 0 Å². The highest BCUT2D eigenvalue weighted by molar-refractivity contribution is 7.90. The van der Waals surface area contributed by atoms with Crippen LogP contribution >= 0.6 is 0 Å². The first-order valence-corrected chi connectivity index (χ1v) is 9.69. The van der Waals surface area contributed by atoms with Gasteiger partial charge in [-0.25, -0.2) is 13.2 Å². The van der Waals surface area contributed by atoms with E-state index >= 15 is 0 Å². The largest absolute Gasteiger partial charge is 0.465 e. The van der Waals surface area contributed by atoms with Crippen molar-refractivity contribution in [2.45, 2.75) is 51.2 Å². The molecule has 1 aromatic carbocycles. The second-order valence-corrected chi connectivity index (χ2v) is 7.69. The molecular weight excluding hydrogens is 300 g/mol. The molecule has 1 aromatic rings. The minimum Gasteiger partial charge on any atom is -0.465 e. The monoisotopic (exact) mass is 326 g/mol. The van der Waals surface area contributed by atoms with Crippen LogP contribution in [-0.4, -0.2) is 27.2 Å². The summed E-state index contributed by atoms with van der Waals surface area (Å²) in [7, 11) is -1.90. The first kappa shape index (κ1) is 18.7. The summed E-state index contributed by atoms with van der Waals surface area (Å²) in [4.78, 5) is 11.7. The highest BCUT2D eigenvalue weighted by Gasteiger charge is 2.17. The van der Waals surface area contributed by atoms with Crippen molar-refractivity contribution in [3.63, 3.8) is 0 Å². The van der Waals surface area contributed by atoms with Gasteiger partial charge in [-0.05, 0) is 18.1 Å². The predicted molar refractivity (Wildman–Crippen MR) is 88.6 cm³/mol. The standard InChI is InChI=1S/C17H26O4S/c1-3-4-5-6-7-10-13-22(19,20)14-15-11-8-9-12-16(15)17(18)21-2/h8-9,11-12H,3-7,10,13-14H2,1-2H3. The van der Waals surface area contributed by atoms with Crippen LogP contribution in [0.1, 0.15) is 61.4 Å². The minimum absolute atomic E-state index is 0.104. The molecule has 0 fully saturated rings. The molecule has 4 nitrogen and oxygen atoms in total. The van der Waals surface area contributed by atoms with Crippen LogP contribution in [-0.2, 0) is 20.3 Å². The number of carbonyl (C=O) groups excluding carboxylic acids is 1. The molecule has 0 bridgehead atoms. The lowest BCUT2D eigenvalue weighted by Gasteiger charge is -2.09. The lowest BCUT2D eigenvalue weighted by Crippen LogP contribution is -2.13. The molecule has 0 amide bonds. The van der Waals surface area contributed by atoms with Gasteiger partial charge in [0, 0.05) is 0 Å². The molecule has 0 saturated heterocycles. The van der Waals surface area contributed by atoms with E-state index in [4.69, 9.17) is 4.74 Å². The number of hydrogen-bond donors (Lipinski definition) is 0. The van der Waals surface area contributed by atoms with E-state index in [-0.39, 0.29) is 11.5 Å². The topological polar surface area (TPSA) is 60.4 Å². The van der Waals surface area contributed by atoms with Gasteiger partial charge in [-0.2, -0.15) is 0 Å². The number of rotatable bonds is 10. The fraction of sp³-hybridized carbons (Fsp3) is 0.588. The van der Waals surface area contributed by atoms with E-state index in [2.05, 4.69) is 6.92 Å². The molecule has 22 heavy (non-hydrogen) atoms. The van der Waals surface area contributed by atoms with Gasteiger partial charge in [-0.1, -0.05) is 57.2 Å². The summed E-state index contributed by atoms with van der Waals surface area (Å²) in [6, 6.07) is 6.71. The Morgan fingerprint density at radius 3 is 2.36 bits per heavy atom. The first-order valence-electron chi connectivity index (χ1n) is 7.87. The van der Waals surface area contributed by atoms with Gasteiger partial charge in [0.05, 0.1) is 24.2 Å². The third kappa shape index (κ3) is 6.60. The van der Waals surface area contributed by atoms with Crippen LogP contribution in [0.2, 0.25) is 0 Å². The zero-order valence-corrected chi connectivity index (χ0v) is 14.3. The molecular formula is C17H26O4S. The Balaban J connectivity index is 2.56. The zero-order valence-electron chi connectivity index (χ0n) is 13.5. The van der Waals surface area contributed by atoms with Gasteiger partial charge >= 0.3 is 5.97 Å². The second kappa shape index (κ2) is 9.62. The van der Waals surface area contributed by atoms with Gasteiger partial charge < -0.3 is 4.74 Å². The maximum Gasteiger partial charge on any atom is 0.338 e. The fourth-order valence-electron chi connectivity index (χ4n) is 2.37. The van der Waals surface area contributed by atoms with Crippen molar-refractivity contribution in [2.75, 3.05) is 12.9 Å². The lowest BCUT2D eigenvalue weighted by molar-refractivity contribution is 0.0600. The average Bonchev–Trinajstić information content (AvgIpc) is 2.50. The first-order chi connectivity index (χ1) is 10.5. The van der Waals surface area contributed by atoms with E-state index in [1.807, 2.05) is 0 Å². The second-order valence-electron chi connectivity index (χ2n) is 5.51. The van der Waals surface area contributed by atoms with Crippen molar-refractivity contribution in [3.05, 3.63) is 35.4 Å². The molecule has 0 saturated carbocycles. The summed E-state index contributed by atoms with van der Waals surface area (Å²) >= 11 is 0. The summed E-state index contributed by atoms with van der Waals surface area (Å²) in [5.41, 5.74) is 0.844. The Morgan fingerprint density at radius 1 is 1.05 bits per heavy atom. The van der Waals surface area contributed by atoms with E-state index in [1.54, 1.807) is 24.3 Å². The molecule has 0 aliphatic carbocycles.